The highest BCUT2D eigenvalue weighted by Gasteiger charge is 2.30. The zero-order chi connectivity index (χ0) is 38.8. The molecule has 1 aliphatic rings. The summed E-state index contributed by atoms with van der Waals surface area (Å²) < 4.78 is 52.3. The van der Waals surface area contributed by atoms with E-state index in [-0.39, 0.29) is 6.79 Å². The summed E-state index contributed by atoms with van der Waals surface area (Å²) in [5, 5.41) is 12.9. The molecule has 0 unspecified atom stereocenters. The lowest BCUT2D eigenvalue weighted by atomic mass is 9.88. The molecule has 0 bridgehead atoms. The number of nitrogens with zero attached hydrogens (tertiary/aromatic N) is 2. The number of fused-ring (bicyclic) bond motifs is 7. The first-order valence-corrected chi connectivity index (χ1v) is 17.6. The summed E-state index contributed by atoms with van der Waals surface area (Å²) in [5.74, 6) is 20.5. The first-order valence-electron chi connectivity index (χ1n) is 17.6. The molecule has 7 aromatic rings. The van der Waals surface area contributed by atoms with E-state index in [0.717, 1.165) is 61.6 Å². The van der Waals surface area contributed by atoms with Gasteiger partial charge in [-0.05, 0) is 119 Å². The van der Waals surface area contributed by atoms with E-state index >= 15 is 0 Å². The van der Waals surface area contributed by atoms with Crippen molar-refractivity contribution < 1.29 is 22.6 Å². The first-order chi connectivity index (χ1) is 27.1. The fraction of sp³-hybridized carbons (Fsp3) is 0.0816. The van der Waals surface area contributed by atoms with Gasteiger partial charge in [0.05, 0.1) is 28.3 Å². The molecular weight excluding hydrogens is 706 g/mol. The van der Waals surface area contributed by atoms with Crippen molar-refractivity contribution in [1.82, 2.24) is 0 Å². The summed E-state index contributed by atoms with van der Waals surface area (Å²) in [5.41, 5.74) is 6.52. The normalized spacial score (nSPS) is 11.4. The van der Waals surface area contributed by atoms with Gasteiger partial charge >= 0.3 is 6.18 Å². The fourth-order valence-electron chi connectivity index (χ4n) is 6.56. The second-order valence-corrected chi connectivity index (χ2v) is 13.3. The van der Waals surface area contributed by atoms with Crippen molar-refractivity contribution in [3.63, 3.8) is 0 Å². The van der Waals surface area contributed by atoms with Crippen LogP contribution in [0.5, 0.6) is 11.5 Å². The molecule has 7 heteroatoms. The van der Waals surface area contributed by atoms with Gasteiger partial charge in [0, 0.05) is 53.2 Å². The van der Waals surface area contributed by atoms with E-state index in [2.05, 4.69) is 47.7 Å². The van der Waals surface area contributed by atoms with Gasteiger partial charge in [0.25, 0.3) is 0 Å². The number of halogens is 3. The molecule has 0 aromatic heterocycles. The molecule has 0 radical (unpaired) electrons. The lowest BCUT2D eigenvalue weighted by Crippen LogP contribution is -2.07. The van der Waals surface area contributed by atoms with Crippen LogP contribution in [0.1, 0.15) is 44.5 Å². The number of anilines is 1. The van der Waals surface area contributed by atoms with Crippen molar-refractivity contribution >= 4 is 27.2 Å². The number of nitriles is 1. The average molecular weight is 735 g/mol. The van der Waals surface area contributed by atoms with Crippen LogP contribution >= 0.6 is 0 Å². The third-order valence-electron chi connectivity index (χ3n) is 9.39. The molecule has 56 heavy (non-hydrogen) atoms. The van der Waals surface area contributed by atoms with E-state index < -0.39 is 11.7 Å². The Hall–Kier alpha value is -7.58. The van der Waals surface area contributed by atoms with E-state index in [4.69, 9.17) is 9.47 Å². The third-order valence-corrected chi connectivity index (χ3v) is 9.39. The van der Waals surface area contributed by atoms with Crippen LogP contribution in [0.25, 0.3) is 32.7 Å². The Bertz CT molecular complexity index is 2910. The van der Waals surface area contributed by atoms with Gasteiger partial charge in [-0.2, -0.15) is 18.4 Å². The summed E-state index contributed by atoms with van der Waals surface area (Å²) >= 11 is 0. The lowest BCUT2D eigenvalue weighted by molar-refractivity contribution is -0.137. The Morgan fingerprint density at radius 3 is 1.61 bits per heavy atom. The molecule has 0 saturated heterocycles. The average Bonchev–Trinajstić information content (AvgIpc) is 3.42. The molecule has 268 valence electrons. The van der Waals surface area contributed by atoms with E-state index in [1.807, 2.05) is 91.8 Å². The molecule has 7 aromatic carbocycles. The van der Waals surface area contributed by atoms with Gasteiger partial charge in [-0.25, -0.2) is 0 Å². The van der Waals surface area contributed by atoms with Crippen molar-refractivity contribution in [2.75, 3.05) is 25.8 Å². The third kappa shape index (κ3) is 7.19. The molecule has 1 aliphatic heterocycles. The highest BCUT2D eigenvalue weighted by atomic mass is 19.4. The van der Waals surface area contributed by atoms with Crippen molar-refractivity contribution in [2.45, 2.75) is 6.18 Å². The topological polar surface area (TPSA) is 45.5 Å². The Kier molecular flexibility index (Phi) is 9.30. The van der Waals surface area contributed by atoms with Gasteiger partial charge in [0.15, 0.2) is 0 Å². The SMILES string of the molecule is CN(C)c1ccc(C#Cc2cc3ccccc3c3c2OCOc2c(C#Cc4ccc(C#N)cc4)cc4cc(C#Cc5ccc(C(F)(F)F)cc5)ccc4c2-3)cc1. The van der Waals surface area contributed by atoms with Gasteiger partial charge in [0.2, 0.25) is 6.79 Å². The number of ether oxygens (including phenoxy) is 2. The summed E-state index contributed by atoms with van der Waals surface area (Å²) in [4.78, 5) is 2.04. The monoisotopic (exact) mass is 734 g/mol. The maximum atomic E-state index is 13.1. The van der Waals surface area contributed by atoms with Crippen molar-refractivity contribution in [1.29, 1.82) is 5.26 Å². The van der Waals surface area contributed by atoms with Gasteiger partial charge < -0.3 is 14.4 Å². The zero-order valence-corrected chi connectivity index (χ0v) is 30.2. The van der Waals surface area contributed by atoms with E-state index in [0.29, 0.717) is 39.3 Å². The van der Waals surface area contributed by atoms with E-state index in [9.17, 15) is 18.4 Å². The van der Waals surface area contributed by atoms with Crippen LogP contribution in [0.2, 0.25) is 0 Å². The second kappa shape index (κ2) is 14.7. The number of hydrogen-bond acceptors (Lipinski definition) is 4. The Balaban J connectivity index is 1.33. The Labute approximate surface area is 322 Å². The molecule has 0 N–H and O–H groups in total. The van der Waals surface area contributed by atoms with Crippen molar-refractivity contribution in [2.24, 2.45) is 0 Å². The zero-order valence-electron chi connectivity index (χ0n) is 30.2. The number of benzene rings is 7. The molecule has 0 aliphatic carbocycles. The molecule has 0 amide bonds. The van der Waals surface area contributed by atoms with Crippen LogP contribution in [0.3, 0.4) is 0 Å². The molecule has 0 fully saturated rings. The predicted molar refractivity (Wildman–Crippen MR) is 214 cm³/mol. The molecule has 0 spiro atoms. The van der Waals surface area contributed by atoms with Gasteiger partial charge in [-0.15, -0.1) is 0 Å². The second-order valence-electron chi connectivity index (χ2n) is 13.3. The number of alkyl halides is 3. The summed E-state index contributed by atoms with van der Waals surface area (Å²) in [7, 11) is 3.99. The minimum atomic E-state index is -4.42. The van der Waals surface area contributed by atoms with E-state index in [1.165, 1.54) is 12.1 Å². The van der Waals surface area contributed by atoms with Crippen LogP contribution in [0.4, 0.5) is 18.9 Å². The first kappa shape index (κ1) is 35.4. The van der Waals surface area contributed by atoms with Crippen LogP contribution in [-0.4, -0.2) is 20.9 Å². The van der Waals surface area contributed by atoms with E-state index in [1.54, 1.807) is 24.3 Å². The molecule has 1 heterocycles. The van der Waals surface area contributed by atoms with Crippen LogP contribution < -0.4 is 14.4 Å². The minimum absolute atomic E-state index is 0.0850. The molecule has 8 rings (SSSR count). The quantitative estimate of drug-likeness (QED) is 0.158. The molecular formula is C49H29F3N2O2. The van der Waals surface area contributed by atoms with Gasteiger partial charge in [-0.3, -0.25) is 0 Å². The summed E-state index contributed by atoms with van der Waals surface area (Å²) in [6, 6.07) is 39.8. The largest absolute Gasteiger partial charge is 0.456 e. The lowest BCUT2D eigenvalue weighted by Gasteiger charge is -2.16. The Morgan fingerprint density at radius 2 is 1.02 bits per heavy atom. The maximum Gasteiger partial charge on any atom is 0.416 e. The summed E-state index contributed by atoms with van der Waals surface area (Å²) in [6.45, 7) is -0.0850. The van der Waals surface area contributed by atoms with Crippen LogP contribution in [-0.2, 0) is 6.18 Å². The molecule has 0 atom stereocenters. The maximum absolute atomic E-state index is 13.1. The van der Waals surface area contributed by atoms with Crippen molar-refractivity contribution in [3.8, 4) is 64.2 Å². The summed E-state index contributed by atoms with van der Waals surface area (Å²) in [6.07, 6.45) is -4.42. The number of hydrogen-bond donors (Lipinski definition) is 0. The Morgan fingerprint density at radius 1 is 0.536 bits per heavy atom. The van der Waals surface area contributed by atoms with Crippen LogP contribution in [0.15, 0.2) is 127 Å². The highest BCUT2D eigenvalue weighted by molar-refractivity contribution is 6.12. The smallest absolute Gasteiger partial charge is 0.416 e. The number of rotatable bonds is 1. The predicted octanol–water partition coefficient (Wildman–Crippen LogP) is 10.5. The molecule has 0 saturated carbocycles. The van der Waals surface area contributed by atoms with Gasteiger partial charge in [-0.1, -0.05) is 65.9 Å². The molecule has 4 nitrogen and oxygen atoms in total. The van der Waals surface area contributed by atoms with Gasteiger partial charge in [0.1, 0.15) is 11.5 Å². The highest BCUT2D eigenvalue weighted by Crippen LogP contribution is 2.50. The van der Waals surface area contributed by atoms with Crippen molar-refractivity contribution in [3.05, 3.63) is 172 Å². The standard InChI is InChI=1S/C49H29F3N2O2/c1-54(2)42-24-17-34(18-25-42)14-20-38-28-37-5-3-4-6-43(37)45-46-44-26-19-35(10-7-33-15-22-41(23-16-33)49(50,51)52)27-40(44)29-39(48(46)56-31-55-47(38)45)21-13-32-8-11-36(30-53)12-9-32/h3-6,8-9,11-12,15-19,22-29H,31H2,1-2H3. The van der Waals surface area contributed by atoms with Crippen LogP contribution in [0, 0.1) is 46.9 Å². The fourth-order valence-corrected chi connectivity index (χ4v) is 6.56. The minimum Gasteiger partial charge on any atom is -0.456 e.